The van der Waals surface area contributed by atoms with E-state index in [1.807, 2.05) is 29.3 Å². The Morgan fingerprint density at radius 1 is 0.957 bits per heavy atom. The minimum atomic E-state index is -2.24. The topological polar surface area (TPSA) is 47.8 Å². The van der Waals surface area contributed by atoms with Crippen LogP contribution >= 0.6 is 0 Å². The maximum atomic E-state index is 10.3. The van der Waals surface area contributed by atoms with Crippen LogP contribution in [0.5, 0.6) is 5.75 Å². The molecule has 4 heterocycles. The number of benzene rings is 3. The maximum Gasteiger partial charge on any atom is 0.399 e. The number of hydrogen-bond acceptors (Lipinski definition) is 5. The molecule has 0 bridgehead atoms. The molecule has 3 aliphatic rings. The van der Waals surface area contributed by atoms with E-state index in [2.05, 4.69) is 119 Å². The van der Waals surface area contributed by atoms with Crippen molar-refractivity contribution in [3.63, 3.8) is 0 Å². The van der Waals surface area contributed by atoms with Crippen molar-refractivity contribution in [2.45, 2.75) is 72.6 Å². The predicted molar refractivity (Wildman–Crippen MR) is 188 cm³/mol. The minimum absolute atomic E-state index is 0. The molecule has 0 saturated carbocycles. The van der Waals surface area contributed by atoms with Gasteiger partial charge in [-0.15, -0.1) is 24.3 Å². The van der Waals surface area contributed by atoms with Gasteiger partial charge in [0.2, 0.25) is 0 Å². The Hall–Kier alpha value is -3.48. The molecule has 0 spiro atoms. The molecule has 46 heavy (non-hydrogen) atoms. The zero-order valence-corrected chi connectivity index (χ0v) is 30.6. The standard InChI is InChI=1S/C22H25BN3.C16H21N2O.Ir/c1-15(2)17-10-8-11-18(16(3)4)21(17)23-25(5)20-12-7-6-9-19(20)22-24-13-14-26(22)23;1-15(2)11-7-6-8-12(19)14(11)18-10-17(5)9-13(18)16(15,3)4;/h6-8,10-16H,1-5H3;6-10,19H,1-5H3;/q2*-1;/i;5D3;. The molecule has 0 aliphatic carbocycles. The number of aromatic hydroxyl groups is 1. The first-order valence-electron chi connectivity index (χ1n) is 17.3. The van der Waals surface area contributed by atoms with E-state index in [0.717, 1.165) is 22.6 Å². The summed E-state index contributed by atoms with van der Waals surface area (Å²) >= 11 is 0. The summed E-state index contributed by atoms with van der Waals surface area (Å²) in [4.78, 5) is 10.1. The van der Waals surface area contributed by atoms with Gasteiger partial charge in [-0.2, -0.15) is 6.67 Å². The Bertz CT molecular complexity index is 1860. The zero-order chi connectivity index (χ0) is 34.9. The van der Waals surface area contributed by atoms with Crippen molar-refractivity contribution in [3.8, 4) is 17.1 Å². The zero-order valence-electron chi connectivity index (χ0n) is 31.3. The second kappa shape index (κ2) is 12.3. The van der Waals surface area contributed by atoms with Gasteiger partial charge in [0.05, 0.1) is 5.69 Å². The maximum absolute atomic E-state index is 10.3. The molecular formula is C38H46BIrN5O-2. The summed E-state index contributed by atoms with van der Waals surface area (Å²) in [5, 5.41) is 10.3. The van der Waals surface area contributed by atoms with Crippen molar-refractivity contribution in [2.75, 3.05) is 23.7 Å². The van der Waals surface area contributed by atoms with E-state index in [0.29, 0.717) is 17.5 Å². The molecule has 0 amide bonds. The van der Waals surface area contributed by atoms with Gasteiger partial charge in [-0.1, -0.05) is 97.0 Å². The van der Waals surface area contributed by atoms with E-state index in [1.165, 1.54) is 27.2 Å². The molecule has 243 valence electrons. The van der Waals surface area contributed by atoms with Gasteiger partial charge >= 0.3 is 6.98 Å². The first-order chi connectivity index (χ1) is 22.5. The quantitative estimate of drug-likeness (QED) is 0.170. The summed E-state index contributed by atoms with van der Waals surface area (Å²) in [6.45, 7) is 17.0. The molecule has 6 nitrogen and oxygen atoms in total. The Kier molecular flexibility index (Phi) is 7.98. The normalized spacial score (nSPS) is 18.2. The van der Waals surface area contributed by atoms with Crippen LogP contribution in [0, 0.1) is 18.2 Å². The third-order valence-electron chi connectivity index (χ3n) is 10.3. The number of hydrogen-bond donors (Lipinski definition) is 1. The molecule has 7 rings (SSSR count). The molecule has 3 aromatic carbocycles. The van der Waals surface area contributed by atoms with Crippen molar-refractivity contribution >= 4 is 23.8 Å². The van der Waals surface area contributed by atoms with Crippen molar-refractivity contribution < 1.29 is 29.3 Å². The van der Waals surface area contributed by atoms with Crippen LogP contribution in [-0.4, -0.2) is 40.5 Å². The van der Waals surface area contributed by atoms with Crippen molar-refractivity contribution in [2.24, 2.45) is 5.41 Å². The average Bonchev–Trinajstić information content (AvgIpc) is 3.70. The fourth-order valence-electron chi connectivity index (χ4n) is 7.16. The SMILES string of the molecule is CC(C)c1cccc(C(C)C)c1B1N(C)c2ccc[c-]c2-c2nccn21.[2H]C([2H])([2H])N1C=C2N([CH-]1)c1c(O)cccc1C(C)(C)C2(C)C.[Ir]. The second-order valence-corrected chi connectivity index (χ2v) is 14.1. The van der Waals surface area contributed by atoms with Crippen molar-refractivity contribution in [3.05, 3.63) is 108 Å². The molecule has 0 unspecified atom stereocenters. The van der Waals surface area contributed by atoms with Crippen molar-refractivity contribution in [1.82, 2.24) is 14.4 Å². The number of anilines is 2. The fourth-order valence-corrected chi connectivity index (χ4v) is 7.16. The van der Waals surface area contributed by atoms with Gasteiger partial charge in [0, 0.05) is 59.0 Å². The number of aromatic nitrogens is 2. The molecule has 3 aliphatic heterocycles. The summed E-state index contributed by atoms with van der Waals surface area (Å²) in [7, 11) is 2.18. The molecular weight excluding hydrogens is 745 g/mol. The van der Waals surface area contributed by atoms with Crippen LogP contribution < -0.4 is 15.2 Å². The number of imidazole rings is 1. The third-order valence-corrected chi connectivity index (χ3v) is 10.3. The first-order valence-corrected chi connectivity index (χ1v) is 15.8. The van der Waals surface area contributed by atoms with E-state index >= 15 is 0 Å². The van der Waals surface area contributed by atoms with Crippen LogP contribution in [0.4, 0.5) is 11.4 Å². The molecule has 4 aromatic rings. The van der Waals surface area contributed by atoms with Crippen LogP contribution in [0.2, 0.25) is 0 Å². The Morgan fingerprint density at radius 2 is 1.63 bits per heavy atom. The van der Waals surface area contributed by atoms with Crippen LogP contribution in [0.3, 0.4) is 0 Å². The van der Waals surface area contributed by atoms with E-state index in [4.69, 9.17) is 4.11 Å². The number of phenolic OH excluding ortho intramolecular Hbond substituents is 1. The van der Waals surface area contributed by atoms with Crippen LogP contribution in [-0.2, 0) is 25.5 Å². The molecule has 0 fully saturated rings. The van der Waals surface area contributed by atoms with Gasteiger partial charge in [-0.25, -0.2) is 0 Å². The van der Waals surface area contributed by atoms with Crippen LogP contribution in [0.1, 0.15) is 88.0 Å². The van der Waals surface area contributed by atoms with Gasteiger partial charge in [-0.3, -0.25) is 4.98 Å². The van der Waals surface area contributed by atoms with E-state index < -0.39 is 6.98 Å². The number of fused-ring (bicyclic) bond motifs is 6. The van der Waals surface area contributed by atoms with Gasteiger partial charge < -0.3 is 24.2 Å². The Labute approximate surface area is 293 Å². The predicted octanol–water partition coefficient (Wildman–Crippen LogP) is 7.71. The van der Waals surface area contributed by atoms with Gasteiger partial charge in [0.25, 0.3) is 0 Å². The summed E-state index contributed by atoms with van der Waals surface area (Å²) in [6, 6.07) is 21.8. The smallest absolute Gasteiger partial charge is 0.399 e. The van der Waals surface area contributed by atoms with E-state index in [9.17, 15) is 5.11 Å². The molecule has 0 saturated heterocycles. The van der Waals surface area contributed by atoms with Gasteiger partial charge in [0.1, 0.15) is 5.75 Å². The fraction of sp³-hybridized carbons (Fsp3) is 0.368. The Balaban J connectivity index is 0.000000190. The first kappa shape index (κ1) is 29.9. The van der Waals surface area contributed by atoms with Crippen molar-refractivity contribution in [1.29, 1.82) is 0 Å². The van der Waals surface area contributed by atoms with Gasteiger partial charge in [-0.05, 0) is 60.3 Å². The summed E-state index contributed by atoms with van der Waals surface area (Å²) in [5.41, 5.74) is 8.52. The summed E-state index contributed by atoms with van der Waals surface area (Å²) < 4.78 is 25.2. The summed E-state index contributed by atoms with van der Waals surface area (Å²) in [5.74, 6) is 2.09. The van der Waals surface area contributed by atoms with Crippen LogP contribution in [0.15, 0.2) is 78.9 Å². The molecule has 1 radical (unpaired) electrons. The third kappa shape index (κ3) is 5.18. The second-order valence-electron chi connectivity index (χ2n) is 14.1. The number of para-hydroxylation sites is 1. The number of nitrogens with zero attached hydrogens (tertiary/aromatic N) is 5. The number of rotatable bonds is 3. The average molecular weight is 795 g/mol. The molecule has 1 N–H and O–H groups in total. The number of allylic oxidation sites excluding steroid dienone is 1. The molecule has 1 aromatic heterocycles. The van der Waals surface area contributed by atoms with E-state index in [-0.39, 0.29) is 43.7 Å². The largest absolute Gasteiger partial charge is 0.510 e. The van der Waals surface area contributed by atoms with Crippen LogP contribution in [0.25, 0.3) is 11.4 Å². The minimum Gasteiger partial charge on any atom is -0.510 e. The monoisotopic (exact) mass is 795 g/mol. The van der Waals surface area contributed by atoms with Gasteiger partial charge in [0.15, 0.2) is 0 Å². The summed E-state index contributed by atoms with van der Waals surface area (Å²) in [6.07, 6.45) is 5.67. The molecule has 0 atom stereocenters. The molecule has 8 heteroatoms. The Morgan fingerprint density at radius 3 is 2.28 bits per heavy atom. The van der Waals surface area contributed by atoms with E-state index in [1.54, 1.807) is 18.9 Å². The number of phenols is 1.